The van der Waals surface area contributed by atoms with Crippen LogP contribution >= 0.6 is 11.6 Å². The summed E-state index contributed by atoms with van der Waals surface area (Å²) in [7, 11) is 0. The number of halogens is 2. The van der Waals surface area contributed by atoms with Gasteiger partial charge in [-0.15, -0.1) is 0 Å². The molecule has 0 aliphatic carbocycles. The highest BCUT2D eigenvalue weighted by Crippen LogP contribution is 2.11. The van der Waals surface area contributed by atoms with Gasteiger partial charge < -0.3 is 17.5 Å². The van der Waals surface area contributed by atoms with Gasteiger partial charge in [-0.05, 0) is 29.8 Å². The molecule has 3 nitrogen and oxygen atoms in total. The molecule has 0 atom stereocenters. The molecule has 0 amide bonds. The lowest BCUT2D eigenvalue weighted by atomic mass is 10.2. The van der Waals surface area contributed by atoms with Crippen molar-refractivity contribution in [1.82, 2.24) is 0 Å². The molecular formula is C15H13Cl2NO2. The molecule has 0 unspecified atom stereocenters. The van der Waals surface area contributed by atoms with E-state index in [0.29, 0.717) is 5.02 Å². The molecule has 0 aliphatic rings. The first-order valence-electron chi connectivity index (χ1n) is 5.79. The van der Waals surface area contributed by atoms with E-state index in [9.17, 15) is 4.79 Å². The summed E-state index contributed by atoms with van der Waals surface area (Å²) in [4.78, 5) is 10.8. The number of hydrogen-bond donors (Lipinski definition) is 1. The number of pyridine rings is 1. The van der Waals surface area contributed by atoms with Crippen molar-refractivity contribution >= 4 is 29.7 Å². The van der Waals surface area contributed by atoms with E-state index in [-0.39, 0.29) is 19.0 Å². The van der Waals surface area contributed by atoms with Crippen molar-refractivity contribution in [3.63, 3.8) is 0 Å². The maximum atomic E-state index is 10.8. The van der Waals surface area contributed by atoms with Gasteiger partial charge in [-0.3, -0.25) is 0 Å². The standard InChI is InChI=1S/C15H12ClNO2.ClH/c16-13-7-4-12(5-8-13)6-9-14-3-1-2-10-17(14)11-15(18)19;/h1-10H,11H2;1H/b9-6+;. The first-order chi connectivity index (χ1) is 9.15. The summed E-state index contributed by atoms with van der Waals surface area (Å²) in [5, 5.41) is 9.54. The molecule has 1 aromatic heterocycles. The average molecular weight is 310 g/mol. The van der Waals surface area contributed by atoms with Crippen molar-refractivity contribution in [2.45, 2.75) is 6.54 Å². The van der Waals surface area contributed by atoms with Gasteiger partial charge in [0.15, 0.2) is 6.20 Å². The number of aromatic nitrogens is 1. The van der Waals surface area contributed by atoms with Crippen LogP contribution in [0.3, 0.4) is 0 Å². The van der Waals surface area contributed by atoms with Gasteiger partial charge in [0, 0.05) is 23.2 Å². The van der Waals surface area contributed by atoms with E-state index in [4.69, 9.17) is 16.7 Å². The number of carboxylic acids is 1. The Balaban J connectivity index is 0.00000200. The topological polar surface area (TPSA) is 41.2 Å². The van der Waals surface area contributed by atoms with E-state index in [0.717, 1.165) is 11.3 Å². The van der Waals surface area contributed by atoms with Crippen LogP contribution in [0, 0.1) is 0 Å². The Bertz CT molecular complexity index is 610. The van der Waals surface area contributed by atoms with Crippen LogP contribution in [0.15, 0.2) is 48.7 Å². The van der Waals surface area contributed by atoms with Gasteiger partial charge in [-0.25, -0.2) is 4.79 Å². The molecule has 1 heterocycles. The Morgan fingerprint density at radius 3 is 2.50 bits per heavy atom. The van der Waals surface area contributed by atoms with E-state index in [1.54, 1.807) is 10.8 Å². The van der Waals surface area contributed by atoms with Crippen LogP contribution in [0.25, 0.3) is 12.2 Å². The Morgan fingerprint density at radius 1 is 1.15 bits per heavy atom. The Labute approximate surface area is 128 Å². The molecule has 20 heavy (non-hydrogen) atoms. The third-order valence-electron chi connectivity index (χ3n) is 2.60. The number of rotatable bonds is 4. The molecule has 0 bridgehead atoms. The largest absolute Gasteiger partial charge is 1.00 e. The van der Waals surface area contributed by atoms with Crippen LogP contribution in [0.2, 0.25) is 5.02 Å². The fourth-order valence-corrected chi connectivity index (χ4v) is 1.81. The number of nitrogens with zero attached hydrogens (tertiary/aromatic N) is 1. The van der Waals surface area contributed by atoms with Gasteiger partial charge in [0.2, 0.25) is 12.2 Å². The predicted molar refractivity (Wildman–Crippen MR) is 74.7 cm³/mol. The van der Waals surface area contributed by atoms with Crippen molar-refractivity contribution in [2.24, 2.45) is 0 Å². The second kappa shape index (κ2) is 7.68. The summed E-state index contributed by atoms with van der Waals surface area (Å²) in [5.74, 6) is -0.864. The molecule has 0 aliphatic heterocycles. The van der Waals surface area contributed by atoms with Gasteiger partial charge in [0.25, 0.3) is 0 Å². The molecular weight excluding hydrogens is 297 g/mol. The van der Waals surface area contributed by atoms with E-state index in [1.165, 1.54) is 0 Å². The van der Waals surface area contributed by atoms with Crippen molar-refractivity contribution in [1.29, 1.82) is 0 Å². The average Bonchev–Trinajstić information content (AvgIpc) is 2.39. The molecule has 2 aromatic rings. The summed E-state index contributed by atoms with van der Waals surface area (Å²) >= 11 is 5.82. The zero-order valence-electron chi connectivity index (χ0n) is 10.5. The molecule has 0 spiro atoms. The molecule has 5 heteroatoms. The second-order valence-electron chi connectivity index (χ2n) is 4.03. The lowest BCUT2D eigenvalue weighted by Gasteiger charge is -1.97. The Morgan fingerprint density at radius 2 is 1.85 bits per heavy atom. The quantitative estimate of drug-likeness (QED) is 0.801. The van der Waals surface area contributed by atoms with E-state index in [1.807, 2.05) is 54.6 Å². The molecule has 0 fully saturated rings. The summed E-state index contributed by atoms with van der Waals surface area (Å²) < 4.78 is 1.68. The zero-order valence-corrected chi connectivity index (χ0v) is 12.1. The third-order valence-corrected chi connectivity index (χ3v) is 2.85. The molecule has 0 radical (unpaired) electrons. The maximum Gasteiger partial charge on any atom is 0.370 e. The zero-order chi connectivity index (χ0) is 13.7. The first kappa shape index (κ1) is 16.2. The van der Waals surface area contributed by atoms with Gasteiger partial charge >= 0.3 is 5.97 Å². The van der Waals surface area contributed by atoms with Gasteiger partial charge in [0.05, 0.1) is 0 Å². The minimum atomic E-state index is -0.864. The summed E-state index contributed by atoms with van der Waals surface area (Å²) in [6.07, 6.45) is 5.55. The molecule has 1 N–H and O–H groups in total. The summed E-state index contributed by atoms with van der Waals surface area (Å²) in [5.41, 5.74) is 1.84. The molecule has 0 saturated heterocycles. The number of aliphatic carboxylic acids is 1. The first-order valence-corrected chi connectivity index (χ1v) is 6.17. The van der Waals surface area contributed by atoms with Crippen molar-refractivity contribution in [3.05, 3.63) is 64.9 Å². The summed E-state index contributed by atoms with van der Waals surface area (Å²) in [6.45, 7) is -0.0544. The van der Waals surface area contributed by atoms with Crippen molar-refractivity contribution in [3.8, 4) is 0 Å². The highest BCUT2D eigenvalue weighted by atomic mass is 35.5. The molecule has 0 saturated carbocycles. The monoisotopic (exact) mass is 309 g/mol. The fourth-order valence-electron chi connectivity index (χ4n) is 1.69. The van der Waals surface area contributed by atoms with Crippen LogP contribution in [0.5, 0.6) is 0 Å². The van der Waals surface area contributed by atoms with Crippen molar-refractivity contribution in [2.75, 3.05) is 0 Å². The highest BCUT2D eigenvalue weighted by molar-refractivity contribution is 6.30. The number of hydrogen-bond acceptors (Lipinski definition) is 1. The van der Waals surface area contributed by atoms with Crippen LogP contribution in [-0.2, 0) is 11.3 Å². The van der Waals surface area contributed by atoms with E-state index < -0.39 is 5.97 Å². The predicted octanol–water partition coefficient (Wildman–Crippen LogP) is -0.114. The van der Waals surface area contributed by atoms with Gasteiger partial charge in [-0.1, -0.05) is 23.7 Å². The number of carbonyl (C=O) groups is 1. The van der Waals surface area contributed by atoms with Gasteiger partial charge in [-0.2, -0.15) is 4.57 Å². The molecule has 1 aromatic carbocycles. The number of benzene rings is 1. The molecule has 104 valence electrons. The van der Waals surface area contributed by atoms with Crippen LogP contribution in [0.4, 0.5) is 0 Å². The van der Waals surface area contributed by atoms with Crippen LogP contribution in [0.1, 0.15) is 11.3 Å². The molecule has 2 rings (SSSR count). The minimum Gasteiger partial charge on any atom is -1.00 e. The third kappa shape index (κ3) is 4.68. The number of carboxylic acid groups (broad SMARTS) is 1. The lowest BCUT2D eigenvalue weighted by molar-refractivity contribution is -0.687. The van der Waals surface area contributed by atoms with Crippen LogP contribution < -0.4 is 17.0 Å². The minimum absolute atomic E-state index is 0. The smallest absolute Gasteiger partial charge is 0.370 e. The fraction of sp³-hybridized carbons (Fsp3) is 0.0667. The van der Waals surface area contributed by atoms with Crippen LogP contribution in [-0.4, -0.2) is 11.1 Å². The van der Waals surface area contributed by atoms with Crippen molar-refractivity contribution < 1.29 is 26.9 Å². The van der Waals surface area contributed by atoms with E-state index in [2.05, 4.69) is 0 Å². The van der Waals surface area contributed by atoms with E-state index >= 15 is 0 Å². The van der Waals surface area contributed by atoms with Gasteiger partial charge in [0.1, 0.15) is 0 Å². The maximum absolute atomic E-state index is 10.8. The highest BCUT2D eigenvalue weighted by Gasteiger charge is 2.10. The Hall–Kier alpha value is -1.84. The lowest BCUT2D eigenvalue weighted by Crippen LogP contribution is -3.00. The SMILES string of the molecule is O=C(O)C[n+]1ccccc1/C=C/c1ccc(Cl)cc1.[Cl-]. The second-order valence-corrected chi connectivity index (χ2v) is 4.47. The summed E-state index contributed by atoms with van der Waals surface area (Å²) in [6, 6.07) is 13.0. The normalized spacial score (nSPS) is 10.2. The Kier molecular flexibility index (Phi) is 6.22.